The zero-order valence-electron chi connectivity index (χ0n) is 10.6. The first-order valence-electron chi connectivity index (χ1n) is 6.86. The van der Waals surface area contributed by atoms with Crippen molar-refractivity contribution in [2.45, 2.75) is 38.5 Å². The predicted octanol–water partition coefficient (Wildman–Crippen LogP) is 2.04. The molecule has 3 heteroatoms. The Morgan fingerprint density at radius 2 is 1.94 bits per heavy atom. The average Bonchev–Trinajstić information content (AvgIpc) is 2.76. The fourth-order valence-electron chi connectivity index (χ4n) is 3.00. The minimum atomic E-state index is 0.740. The van der Waals surface area contributed by atoms with Crippen LogP contribution in [0.3, 0.4) is 0 Å². The van der Waals surface area contributed by atoms with Crippen molar-refractivity contribution >= 4 is 0 Å². The summed E-state index contributed by atoms with van der Waals surface area (Å²) >= 11 is 0. The summed E-state index contributed by atoms with van der Waals surface area (Å²) < 4.78 is 5.21. The maximum atomic E-state index is 5.21. The van der Waals surface area contributed by atoms with Crippen molar-refractivity contribution < 1.29 is 4.74 Å². The summed E-state index contributed by atoms with van der Waals surface area (Å²) in [4.78, 5) is 0. The molecule has 3 nitrogen and oxygen atoms in total. The van der Waals surface area contributed by atoms with E-state index in [2.05, 4.69) is 10.4 Å². The molecule has 2 aliphatic rings. The number of hydrogen-bond acceptors (Lipinski definition) is 3. The van der Waals surface area contributed by atoms with Crippen LogP contribution in [0, 0.1) is 11.8 Å². The first-order valence-corrected chi connectivity index (χ1v) is 6.86. The number of methoxy groups -OCH3 is 1. The number of nitrogens with zero attached hydrogens (tertiary/aromatic N) is 1. The Kier molecular flexibility index (Phi) is 5.07. The first-order chi connectivity index (χ1) is 7.88. The molecule has 1 aliphatic heterocycles. The minimum Gasteiger partial charge on any atom is -0.384 e. The zero-order chi connectivity index (χ0) is 11.2. The molecular formula is C13H26N2O. The van der Waals surface area contributed by atoms with Gasteiger partial charge in [0.15, 0.2) is 0 Å². The van der Waals surface area contributed by atoms with Crippen LogP contribution in [0.1, 0.15) is 38.5 Å². The van der Waals surface area contributed by atoms with Crippen LogP contribution in [0.5, 0.6) is 0 Å². The highest BCUT2D eigenvalue weighted by atomic mass is 16.5. The Balaban J connectivity index is 1.59. The van der Waals surface area contributed by atoms with Gasteiger partial charge in [-0.3, -0.25) is 5.43 Å². The van der Waals surface area contributed by atoms with Gasteiger partial charge in [-0.15, -0.1) is 0 Å². The maximum absolute atomic E-state index is 5.21. The Morgan fingerprint density at radius 3 is 2.69 bits per heavy atom. The summed E-state index contributed by atoms with van der Waals surface area (Å²) in [5.74, 6) is 1.67. The van der Waals surface area contributed by atoms with E-state index in [0.29, 0.717) is 0 Å². The number of hydrogen-bond donors (Lipinski definition) is 1. The Labute approximate surface area is 99.5 Å². The van der Waals surface area contributed by atoms with E-state index in [1.807, 2.05) is 0 Å². The molecular weight excluding hydrogens is 200 g/mol. The average molecular weight is 226 g/mol. The number of hydrazine groups is 1. The van der Waals surface area contributed by atoms with E-state index in [4.69, 9.17) is 4.74 Å². The summed E-state index contributed by atoms with van der Waals surface area (Å²) in [6.45, 7) is 4.47. The third-order valence-corrected chi connectivity index (χ3v) is 4.02. The lowest BCUT2D eigenvalue weighted by Crippen LogP contribution is -2.39. The van der Waals surface area contributed by atoms with E-state index in [0.717, 1.165) is 18.4 Å². The van der Waals surface area contributed by atoms with Gasteiger partial charge in [0.2, 0.25) is 0 Å². The highest BCUT2D eigenvalue weighted by molar-refractivity contribution is 4.74. The normalized spacial score (nSPS) is 28.7. The molecule has 0 aromatic heterocycles. The molecule has 0 unspecified atom stereocenters. The largest absolute Gasteiger partial charge is 0.384 e. The van der Waals surface area contributed by atoms with Gasteiger partial charge in [0.1, 0.15) is 0 Å². The van der Waals surface area contributed by atoms with Gasteiger partial charge in [0.05, 0.1) is 6.61 Å². The van der Waals surface area contributed by atoms with E-state index in [9.17, 15) is 0 Å². The van der Waals surface area contributed by atoms with Gasteiger partial charge in [-0.2, -0.15) is 0 Å². The lowest BCUT2D eigenvalue weighted by molar-refractivity contribution is 0.140. The van der Waals surface area contributed by atoms with Crippen molar-refractivity contribution in [1.82, 2.24) is 10.4 Å². The standard InChI is InChI=1S/C13H26N2O/c1-16-11-13-7-8-15(10-13)14-9-12-5-3-2-4-6-12/h12-14H,2-11H2,1H3/t13-/m1/s1. The smallest absolute Gasteiger partial charge is 0.0503 e. The van der Waals surface area contributed by atoms with Crippen molar-refractivity contribution in [2.75, 3.05) is 33.4 Å². The molecule has 0 aromatic carbocycles. The van der Waals surface area contributed by atoms with Gasteiger partial charge < -0.3 is 4.74 Å². The van der Waals surface area contributed by atoms with Gasteiger partial charge >= 0.3 is 0 Å². The van der Waals surface area contributed by atoms with Crippen molar-refractivity contribution in [3.8, 4) is 0 Å². The Hall–Kier alpha value is -0.120. The van der Waals surface area contributed by atoms with E-state index in [1.165, 1.54) is 58.2 Å². The lowest BCUT2D eigenvalue weighted by atomic mass is 9.89. The second-order valence-electron chi connectivity index (χ2n) is 5.42. The minimum absolute atomic E-state index is 0.740. The number of rotatable bonds is 5. The summed E-state index contributed by atoms with van der Waals surface area (Å²) in [6.07, 6.45) is 8.49. The van der Waals surface area contributed by atoms with Gasteiger partial charge in [0.25, 0.3) is 0 Å². The summed E-state index contributed by atoms with van der Waals surface area (Å²) in [6, 6.07) is 0. The van der Waals surface area contributed by atoms with E-state index >= 15 is 0 Å². The fourth-order valence-corrected chi connectivity index (χ4v) is 3.00. The molecule has 94 valence electrons. The van der Waals surface area contributed by atoms with Crippen molar-refractivity contribution in [3.63, 3.8) is 0 Å². The molecule has 1 saturated heterocycles. The molecule has 1 saturated carbocycles. The molecule has 1 heterocycles. The van der Waals surface area contributed by atoms with Crippen LogP contribution >= 0.6 is 0 Å². The molecule has 2 rings (SSSR count). The maximum Gasteiger partial charge on any atom is 0.0503 e. The third kappa shape index (κ3) is 3.72. The lowest BCUT2D eigenvalue weighted by Gasteiger charge is -2.25. The molecule has 0 spiro atoms. The summed E-state index contributed by atoms with van der Waals surface area (Å²) in [5.41, 5.74) is 3.62. The highest BCUT2D eigenvalue weighted by Crippen LogP contribution is 2.23. The topological polar surface area (TPSA) is 24.5 Å². The van der Waals surface area contributed by atoms with Crippen molar-refractivity contribution in [2.24, 2.45) is 11.8 Å². The molecule has 1 aliphatic carbocycles. The molecule has 0 aromatic rings. The number of ether oxygens (including phenoxy) is 1. The van der Waals surface area contributed by atoms with Gasteiger partial charge in [-0.05, 0) is 31.1 Å². The zero-order valence-corrected chi connectivity index (χ0v) is 10.6. The van der Waals surface area contributed by atoms with Crippen LogP contribution in [0.2, 0.25) is 0 Å². The van der Waals surface area contributed by atoms with Gasteiger partial charge in [0, 0.05) is 26.7 Å². The second-order valence-corrected chi connectivity index (χ2v) is 5.42. The van der Waals surface area contributed by atoms with Crippen molar-refractivity contribution in [1.29, 1.82) is 0 Å². The first kappa shape index (κ1) is 12.3. The third-order valence-electron chi connectivity index (χ3n) is 4.02. The van der Waals surface area contributed by atoms with Crippen LogP contribution in [0.4, 0.5) is 0 Å². The molecule has 0 radical (unpaired) electrons. The molecule has 1 N–H and O–H groups in total. The van der Waals surface area contributed by atoms with E-state index in [-0.39, 0.29) is 0 Å². The summed E-state index contributed by atoms with van der Waals surface area (Å²) in [7, 11) is 1.80. The predicted molar refractivity (Wildman–Crippen MR) is 66.1 cm³/mol. The van der Waals surface area contributed by atoms with Gasteiger partial charge in [-0.25, -0.2) is 5.01 Å². The fraction of sp³-hybridized carbons (Fsp3) is 1.00. The van der Waals surface area contributed by atoms with Crippen LogP contribution < -0.4 is 5.43 Å². The SMILES string of the molecule is COC[C@@H]1CCN(NCC2CCCCC2)C1. The van der Waals surface area contributed by atoms with Crippen LogP contribution in [-0.4, -0.2) is 38.4 Å². The second kappa shape index (κ2) is 6.58. The molecule has 1 atom stereocenters. The monoisotopic (exact) mass is 226 g/mol. The van der Waals surface area contributed by atoms with E-state index in [1.54, 1.807) is 7.11 Å². The van der Waals surface area contributed by atoms with Crippen LogP contribution in [0.15, 0.2) is 0 Å². The van der Waals surface area contributed by atoms with Crippen molar-refractivity contribution in [3.05, 3.63) is 0 Å². The van der Waals surface area contributed by atoms with Crippen LogP contribution in [0.25, 0.3) is 0 Å². The Morgan fingerprint density at radius 1 is 1.12 bits per heavy atom. The van der Waals surface area contributed by atoms with Crippen LogP contribution in [-0.2, 0) is 4.74 Å². The molecule has 16 heavy (non-hydrogen) atoms. The number of nitrogens with one attached hydrogen (secondary N) is 1. The highest BCUT2D eigenvalue weighted by Gasteiger charge is 2.23. The Bertz CT molecular complexity index is 192. The summed E-state index contributed by atoms with van der Waals surface area (Å²) in [5, 5.41) is 2.40. The molecule has 0 bridgehead atoms. The van der Waals surface area contributed by atoms with Gasteiger partial charge in [-0.1, -0.05) is 19.3 Å². The molecule has 2 fully saturated rings. The molecule has 0 amide bonds. The van der Waals surface area contributed by atoms with E-state index < -0.39 is 0 Å². The quantitative estimate of drug-likeness (QED) is 0.776.